The number of anilines is 1. The number of halogens is 1. The van der Waals surface area contributed by atoms with E-state index >= 15 is 0 Å². The Morgan fingerprint density at radius 2 is 1.82 bits per heavy atom. The molecule has 2 heterocycles. The van der Waals surface area contributed by atoms with E-state index in [2.05, 4.69) is 5.32 Å². The molecule has 2 atom stereocenters. The lowest BCUT2D eigenvalue weighted by atomic mass is 9.97. The van der Waals surface area contributed by atoms with Gasteiger partial charge in [-0.15, -0.1) is 0 Å². The summed E-state index contributed by atoms with van der Waals surface area (Å²) in [6, 6.07) is 9.78. The average Bonchev–Trinajstić information content (AvgIpc) is 2.93. The van der Waals surface area contributed by atoms with Crippen LogP contribution in [0.1, 0.15) is 39.5 Å². The lowest BCUT2D eigenvalue weighted by molar-refractivity contribution is -0.143. The largest absolute Gasteiger partial charge is 0.449 e. The second-order valence-corrected chi connectivity index (χ2v) is 12.1. The van der Waals surface area contributed by atoms with Gasteiger partial charge in [-0.25, -0.2) is 9.00 Å². The molecule has 0 bridgehead atoms. The smallest absolute Gasteiger partial charge is 0.407 e. The molecule has 2 fully saturated rings. The fourth-order valence-corrected chi connectivity index (χ4v) is 6.05. The number of rotatable bonds is 9. The van der Waals surface area contributed by atoms with E-state index in [0.717, 1.165) is 10.8 Å². The Bertz CT molecular complexity index is 1250. The van der Waals surface area contributed by atoms with Crippen LogP contribution in [0.15, 0.2) is 36.4 Å². The van der Waals surface area contributed by atoms with E-state index in [0.29, 0.717) is 75.1 Å². The highest BCUT2D eigenvalue weighted by Crippen LogP contribution is 2.30. The quantitative estimate of drug-likeness (QED) is 0.424. The number of benzene rings is 2. The topological polar surface area (TPSA) is 119 Å². The van der Waals surface area contributed by atoms with Crippen LogP contribution in [-0.4, -0.2) is 81.8 Å². The Hall–Kier alpha value is -2.89. The van der Waals surface area contributed by atoms with E-state index in [1.807, 2.05) is 19.9 Å². The highest BCUT2D eigenvalue weighted by Gasteiger charge is 2.37. The van der Waals surface area contributed by atoms with Crippen LogP contribution >= 0.6 is 11.6 Å². The summed E-state index contributed by atoms with van der Waals surface area (Å²) in [5.41, 5.74) is 0.448. The Labute approximate surface area is 242 Å². The van der Waals surface area contributed by atoms with Gasteiger partial charge >= 0.3 is 6.09 Å². The van der Waals surface area contributed by atoms with Crippen LogP contribution in [0.25, 0.3) is 10.8 Å². The summed E-state index contributed by atoms with van der Waals surface area (Å²) < 4.78 is 29.2. The summed E-state index contributed by atoms with van der Waals surface area (Å²) in [7, 11) is 0. The van der Waals surface area contributed by atoms with Gasteiger partial charge in [-0.2, -0.15) is 0 Å². The summed E-state index contributed by atoms with van der Waals surface area (Å²) in [6.07, 6.45) is 2.02. The van der Waals surface area contributed by atoms with Crippen molar-refractivity contribution in [3.8, 4) is 0 Å². The number of alkyl carbamates (subject to hydrolysis) is 1. The number of amides is 3. The zero-order valence-electron chi connectivity index (χ0n) is 22.9. The van der Waals surface area contributed by atoms with Crippen molar-refractivity contribution in [3.05, 3.63) is 41.4 Å². The van der Waals surface area contributed by atoms with E-state index < -0.39 is 23.4 Å². The molecule has 2 aromatic carbocycles. The molecule has 2 aromatic rings. The highest BCUT2D eigenvalue weighted by atomic mass is 35.5. The lowest BCUT2D eigenvalue weighted by Gasteiger charge is -2.38. The molecule has 218 valence electrons. The van der Waals surface area contributed by atoms with Crippen molar-refractivity contribution >= 4 is 57.2 Å². The number of ether oxygens (including phenoxy) is 1. The van der Waals surface area contributed by atoms with Gasteiger partial charge in [0.05, 0.1) is 18.8 Å². The van der Waals surface area contributed by atoms with E-state index in [-0.39, 0.29) is 24.3 Å². The Kier molecular flexibility index (Phi) is 10.3. The molecule has 2 aliphatic rings. The van der Waals surface area contributed by atoms with E-state index in [1.54, 1.807) is 35.2 Å². The first kappa shape index (κ1) is 30.1. The monoisotopic (exact) mass is 592 g/mol. The van der Waals surface area contributed by atoms with Gasteiger partial charge < -0.3 is 19.9 Å². The van der Waals surface area contributed by atoms with Gasteiger partial charge in [0.25, 0.3) is 11.3 Å². The van der Waals surface area contributed by atoms with Gasteiger partial charge in [-0.3, -0.25) is 18.4 Å². The number of hydrogen-bond donors (Lipinski definition) is 2. The van der Waals surface area contributed by atoms with E-state index in [1.165, 1.54) is 9.21 Å². The number of carbonyl (C=O) groups is 3. The van der Waals surface area contributed by atoms with Gasteiger partial charge in [0.2, 0.25) is 11.8 Å². The Balaban J connectivity index is 1.33. The highest BCUT2D eigenvalue weighted by molar-refractivity contribution is 7.80. The lowest BCUT2D eigenvalue weighted by Crippen LogP contribution is -2.55. The first-order valence-electron chi connectivity index (χ1n) is 13.7. The maximum atomic E-state index is 13.5. The number of nitrogens with zero attached hydrogens (tertiary/aromatic N) is 3. The molecule has 2 N–H and O–H groups in total. The zero-order valence-corrected chi connectivity index (χ0v) is 24.5. The molecule has 2 aliphatic heterocycles. The number of nitrogens with one attached hydrogen (secondary N) is 1. The Morgan fingerprint density at radius 3 is 2.52 bits per heavy atom. The molecule has 12 heteroatoms. The van der Waals surface area contributed by atoms with Crippen LogP contribution in [0.4, 0.5) is 10.5 Å². The minimum atomic E-state index is -2.44. The molecule has 0 saturated carbocycles. The molecule has 2 unspecified atom stereocenters. The summed E-state index contributed by atoms with van der Waals surface area (Å²) in [4.78, 5) is 41.6. The van der Waals surface area contributed by atoms with Crippen molar-refractivity contribution in [3.63, 3.8) is 0 Å². The number of fused-ring (bicyclic) bond motifs is 1. The minimum Gasteiger partial charge on any atom is -0.449 e. The van der Waals surface area contributed by atoms with Crippen molar-refractivity contribution in [1.29, 1.82) is 0 Å². The summed E-state index contributed by atoms with van der Waals surface area (Å²) in [5.74, 6) is 0.0357. The van der Waals surface area contributed by atoms with Crippen molar-refractivity contribution in [1.82, 2.24) is 15.1 Å². The fourth-order valence-electron chi connectivity index (χ4n) is 5.16. The maximum absolute atomic E-state index is 13.5. The third-order valence-corrected chi connectivity index (χ3v) is 8.43. The average molecular weight is 593 g/mol. The number of hydrogen-bond acceptors (Lipinski definition) is 5. The summed E-state index contributed by atoms with van der Waals surface area (Å²) in [6.45, 7) is 6.29. The molecule has 2 saturated heterocycles. The second kappa shape index (κ2) is 13.6. The van der Waals surface area contributed by atoms with Crippen molar-refractivity contribution in [2.24, 2.45) is 11.8 Å². The summed E-state index contributed by atoms with van der Waals surface area (Å²) >= 11 is 3.64. The van der Waals surface area contributed by atoms with Crippen molar-refractivity contribution in [2.75, 3.05) is 43.6 Å². The maximum Gasteiger partial charge on any atom is 0.407 e. The molecule has 40 heavy (non-hydrogen) atoms. The first-order valence-corrected chi connectivity index (χ1v) is 15.1. The Morgan fingerprint density at radius 1 is 1.12 bits per heavy atom. The van der Waals surface area contributed by atoms with E-state index in [4.69, 9.17) is 16.3 Å². The molecule has 0 aromatic heterocycles. The van der Waals surface area contributed by atoms with Crippen molar-refractivity contribution < 1.29 is 27.9 Å². The third kappa shape index (κ3) is 7.64. The normalized spacial score (nSPS) is 19.1. The van der Waals surface area contributed by atoms with Crippen LogP contribution in [0, 0.1) is 11.8 Å². The van der Waals surface area contributed by atoms with Gasteiger partial charge in [-0.1, -0.05) is 37.6 Å². The number of carbonyl (C=O) groups excluding carboxylic acids is 3. The van der Waals surface area contributed by atoms with Gasteiger partial charge in [0.1, 0.15) is 6.04 Å². The summed E-state index contributed by atoms with van der Waals surface area (Å²) in [5, 5.41) is 5.03. The van der Waals surface area contributed by atoms with Crippen LogP contribution < -0.4 is 9.62 Å². The predicted molar refractivity (Wildman–Crippen MR) is 155 cm³/mol. The van der Waals surface area contributed by atoms with Crippen LogP contribution in [0.3, 0.4) is 0 Å². The molecular formula is C28H37ClN4O6S. The number of likely N-dealkylation sites (tertiary alicyclic amines) is 2. The van der Waals surface area contributed by atoms with Gasteiger partial charge in [0, 0.05) is 31.2 Å². The minimum absolute atomic E-state index is 0.0732. The molecule has 0 aliphatic carbocycles. The SMILES string of the molecule is CC(C)CNC(=O)OCC1CCN(C(=O)CN2CCCC(N(c3ccc4cc(Cl)ccc4c3)S(=O)O)C2=O)CC1. The fraction of sp³-hybridized carbons (Fsp3) is 0.536. The molecule has 4 rings (SSSR count). The number of piperidine rings is 2. The van der Waals surface area contributed by atoms with Crippen LogP contribution in [0.5, 0.6) is 0 Å². The zero-order chi connectivity index (χ0) is 28.8. The van der Waals surface area contributed by atoms with Gasteiger partial charge in [-0.05, 0) is 72.6 Å². The predicted octanol–water partition coefficient (Wildman–Crippen LogP) is 4.05. The van der Waals surface area contributed by atoms with Crippen LogP contribution in [-0.2, 0) is 25.6 Å². The van der Waals surface area contributed by atoms with E-state index in [9.17, 15) is 23.1 Å². The van der Waals surface area contributed by atoms with Gasteiger partial charge in [0.15, 0.2) is 0 Å². The molecule has 0 spiro atoms. The molecule has 10 nitrogen and oxygen atoms in total. The molecule has 0 radical (unpaired) electrons. The second-order valence-electron chi connectivity index (χ2n) is 10.8. The first-order chi connectivity index (χ1) is 19.1. The molecule has 3 amide bonds. The van der Waals surface area contributed by atoms with Crippen LogP contribution in [0.2, 0.25) is 5.02 Å². The van der Waals surface area contributed by atoms with Crippen molar-refractivity contribution in [2.45, 2.75) is 45.6 Å². The standard InChI is InChI=1S/C28H37ClN4O6S/c1-19(2)16-30-28(36)39-18-20-9-12-31(13-10-20)26(34)17-32-11-3-4-25(27(32)35)33(40(37)38)24-8-6-21-14-23(29)7-5-22(21)15-24/h5-8,14-15,19-20,25H,3-4,9-13,16-18H2,1-2H3,(H,30,36)(H,37,38). The molecular weight excluding hydrogens is 556 g/mol. The third-order valence-electron chi connectivity index (χ3n) is 7.39.